The molecule has 1 aliphatic rings. The maximum Gasteiger partial charge on any atom is 0.226 e. The molecule has 0 unspecified atom stereocenters. The van der Waals surface area contributed by atoms with Gasteiger partial charge in [0.25, 0.3) is 0 Å². The normalized spacial score (nSPS) is 18.3. The molecule has 0 radical (unpaired) electrons. The lowest BCUT2D eigenvalue weighted by molar-refractivity contribution is 0.242. The Labute approximate surface area is 142 Å². The summed E-state index contributed by atoms with van der Waals surface area (Å²) in [5.41, 5.74) is 5.84. The lowest BCUT2D eigenvalue weighted by atomic mass is 10.1. The van der Waals surface area contributed by atoms with Crippen molar-refractivity contribution >= 4 is 0 Å². The monoisotopic (exact) mass is 321 g/mol. The van der Waals surface area contributed by atoms with Gasteiger partial charge in [0.1, 0.15) is 6.26 Å². The maximum absolute atomic E-state index is 5.76. The summed E-state index contributed by atoms with van der Waals surface area (Å²) in [4.78, 5) is 10.6. The van der Waals surface area contributed by atoms with E-state index in [-0.39, 0.29) is 0 Å². The third kappa shape index (κ3) is 2.89. The molecular formula is C20H23N3O. The van der Waals surface area contributed by atoms with E-state index in [1.807, 2.05) is 6.20 Å². The lowest BCUT2D eigenvalue weighted by Crippen LogP contribution is -2.23. The van der Waals surface area contributed by atoms with Crippen LogP contribution in [0.4, 0.5) is 0 Å². The van der Waals surface area contributed by atoms with E-state index in [1.165, 1.54) is 29.7 Å². The number of oxazole rings is 1. The molecule has 1 atom stereocenters. The summed E-state index contributed by atoms with van der Waals surface area (Å²) < 4.78 is 5.76. The zero-order chi connectivity index (χ0) is 16.5. The predicted molar refractivity (Wildman–Crippen MR) is 94.6 cm³/mol. The first-order chi connectivity index (χ1) is 11.7. The Kier molecular flexibility index (Phi) is 3.98. The molecule has 4 heteroatoms. The van der Waals surface area contributed by atoms with Crippen LogP contribution in [0.5, 0.6) is 0 Å². The Morgan fingerprint density at radius 3 is 3.00 bits per heavy atom. The highest BCUT2D eigenvalue weighted by Crippen LogP contribution is 2.32. The van der Waals surface area contributed by atoms with Gasteiger partial charge in [-0.25, -0.2) is 4.98 Å². The third-order valence-electron chi connectivity index (χ3n) is 4.87. The van der Waals surface area contributed by atoms with Crippen LogP contribution in [-0.4, -0.2) is 21.4 Å². The number of aryl methyl sites for hydroxylation is 2. The quantitative estimate of drug-likeness (QED) is 0.762. The highest BCUT2D eigenvalue weighted by atomic mass is 16.3. The number of likely N-dealkylation sites (tertiary alicyclic amines) is 1. The Balaban J connectivity index is 1.53. The molecule has 0 bridgehead atoms. The van der Waals surface area contributed by atoms with Gasteiger partial charge in [0.2, 0.25) is 5.89 Å². The fourth-order valence-corrected chi connectivity index (χ4v) is 3.68. The first-order valence-electron chi connectivity index (χ1n) is 8.60. The minimum absolute atomic E-state index is 0.460. The van der Waals surface area contributed by atoms with E-state index in [1.54, 1.807) is 6.26 Å². The van der Waals surface area contributed by atoms with Crippen molar-refractivity contribution in [1.29, 1.82) is 0 Å². The number of hydrogen-bond donors (Lipinski definition) is 1. The summed E-state index contributed by atoms with van der Waals surface area (Å²) in [6.07, 6.45) is 6.23. The highest BCUT2D eigenvalue weighted by molar-refractivity contribution is 5.59. The van der Waals surface area contributed by atoms with E-state index in [2.05, 4.69) is 54.1 Å². The van der Waals surface area contributed by atoms with E-state index in [9.17, 15) is 0 Å². The van der Waals surface area contributed by atoms with Gasteiger partial charge >= 0.3 is 0 Å². The van der Waals surface area contributed by atoms with E-state index < -0.39 is 0 Å². The Morgan fingerprint density at radius 2 is 2.21 bits per heavy atom. The smallest absolute Gasteiger partial charge is 0.226 e. The number of aromatic nitrogens is 2. The lowest BCUT2D eigenvalue weighted by Gasteiger charge is -2.22. The standard InChI is InChI=1S/C20H23N3O/c1-14-7-8-17(15(2)11-14)20-22-16(13-24-20)12-23-10-4-6-19(23)18-5-3-9-21-18/h3,5,7-9,11,13,19,21H,4,6,10,12H2,1-2H3/t19-/m1/s1. The molecule has 1 N–H and O–H groups in total. The molecule has 2 aromatic heterocycles. The molecule has 24 heavy (non-hydrogen) atoms. The summed E-state index contributed by atoms with van der Waals surface area (Å²) in [7, 11) is 0. The average molecular weight is 321 g/mol. The number of nitrogens with zero attached hydrogens (tertiary/aromatic N) is 2. The zero-order valence-corrected chi connectivity index (χ0v) is 14.2. The van der Waals surface area contributed by atoms with Gasteiger partial charge < -0.3 is 9.40 Å². The van der Waals surface area contributed by atoms with E-state index in [0.29, 0.717) is 6.04 Å². The first kappa shape index (κ1) is 15.2. The average Bonchev–Trinajstić information content (AvgIpc) is 3.28. The predicted octanol–water partition coefficient (Wildman–Crippen LogP) is 4.62. The minimum Gasteiger partial charge on any atom is -0.444 e. The molecular weight excluding hydrogens is 298 g/mol. The van der Waals surface area contributed by atoms with Crippen LogP contribution in [0.1, 0.15) is 41.4 Å². The molecule has 1 saturated heterocycles. The molecule has 3 heterocycles. The Hall–Kier alpha value is -2.33. The van der Waals surface area contributed by atoms with E-state index in [4.69, 9.17) is 9.40 Å². The van der Waals surface area contributed by atoms with Gasteiger partial charge in [-0.15, -0.1) is 0 Å². The second-order valence-electron chi connectivity index (χ2n) is 6.72. The molecule has 4 nitrogen and oxygen atoms in total. The van der Waals surface area contributed by atoms with Gasteiger partial charge in [0.15, 0.2) is 0 Å². The van der Waals surface area contributed by atoms with Crippen molar-refractivity contribution in [2.45, 2.75) is 39.3 Å². The number of benzene rings is 1. The molecule has 4 rings (SSSR count). The van der Waals surface area contributed by atoms with Crippen molar-refractivity contribution in [2.75, 3.05) is 6.54 Å². The van der Waals surface area contributed by atoms with Gasteiger partial charge in [-0.1, -0.05) is 17.7 Å². The van der Waals surface area contributed by atoms with Crippen molar-refractivity contribution in [3.63, 3.8) is 0 Å². The topological polar surface area (TPSA) is 45.1 Å². The van der Waals surface area contributed by atoms with Gasteiger partial charge in [-0.2, -0.15) is 0 Å². The molecule has 0 saturated carbocycles. The summed E-state index contributed by atoms with van der Waals surface area (Å²) in [5.74, 6) is 0.720. The van der Waals surface area contributed by atoms with Crippen LogP contribution in [-0.2, 0) is 6.54 Å². The minimum atomic E-state index is 0.460. The third-order valence-corrected chi connectivity index (χ3v) is 4.87. The molecule has 1 aromatic carbocycles. The number of aromatic amines is 1. The van der Waals surface area contributed by atoms with Gasteiger partial charge in [-0.05, 0) is 57.0 Å². The SMILES string of the molecule is Cc1ccc(-c2nc(CN3CCC[C@@H]3c3ccc[nH]3)co2)c(C)c1. The van der Waals surface area contributed by atoms with Gasteiger partial charge in [0.05, 0.1) is 11.7 Å². The summed E-state index contributed by atoms with van der Waals surface area (Å²) >= 11 is 0. The maximum atomic E-state index is 5.76. The van der Waals surface area contributed by atoms with Crippen molar-refractivity contribution in [2.24, 2.45) is 0 Å². The molecule has 124 valence electrons. The van der Waals surface area contributed by atoms with Crippen LogP contribution < -0.4 is 0 Å². The van der Waals surface area contributed by atoms with Crippen molar-refractivity contribution in [3.8, 4) is 11.5 Å². The molecule has 0 aliphatic carbocycles. The van der Waals surface area contributed by atoms with E-state index >= 15 is 0 Å². The Bertz CT molecular complexity index is 819. The molecule has 0 spiro atoms. The molecule has 1 fully saturated rings. The zero-order valence-electron chi connectivity index (χ0n) is 14.2. The van der Waals surface area contributed by atoms with Gasteiger partial charge in [-0.3, -0.25) is 4.90 Å². The molecule has 3 aromatic rings. The number of nitrogens with one attached hydrogen (secondary N) is 1. The van der Waals surface area contributed by atoms with Crippen molar-refractivity contribution in [1.82, 2.24) is 14.9 Å². The highest BCUT2D eigenvalue weighted by Gasteiger charge is 2.27. The number of H-pyrrole nitrogens is 1. The van der Waals surface area contributed by atoms with Gasteiger partial charge in [0, 0.05) is 24.0 Å². The summed E-state index contributed by atoms with van der Waals surface area (Å²) in [6.45, 7) is 6.15. The molecule has 0 amide bonds. The second kappa shape index (κ2) is 6.29. The van der Waals surface area contributed by atoms with Crippen LogP contribution in [0, 0.1) is 13.8 Å². The van der Waals surface area contributed by atoms with Crippen LogP contribution in [0.3, 0.4) is 0 Å². The van der Waals surface area contributed by atoms with Crippen molar-refractivity contribution < 1.29 is 4.42 Å². The Morgan fingerprint density at radius 1 is 1.29 bits per heavy atom. The first-order valence-corrected chi connectivity index (χ1v) is 8.60. The number of rotatable bonds is 4. The largest absolute Gasteiger partial charge is 0.444 e. The second-order valence-corrected chi connectivity index (χ2v) is 6.72. The fourth-order valence-electron chi connectivity index (χ4n) is 3.68. The van der Waals surface area contributed by atoms with Crippen LogP contribution >= 0.6 is 0 Å². The van der Waals surface area contributed by atoms with Crippen LogP contribution in [0.15, 0.2) is 47.2 Å². The van der Waals surface area contributed by atoms with Crippen LogP contribution in [0.25, 0.3) is 11.5 Å². The molecule has 1 aliphatic heterocycles. The van der Waals surface area contributed by atoms with Crippen molar-refractivity contribution in [3.05, 3.63) is 65.3 Å². The fraction of sp³-hybridized carbons (Fsp3) is 0.350. The number of hydrogen-bond acceptors (Lipinski definition) is 3. The summed E-state index contributed by atoms with van der Waals surface area (Å²) in [5, 5.41) is 0. The van der Waals surface area contributed by atoms with Crippen LogP contribution in [0.2, 0.25) is 0 Å². The van der Waals surface area contributed by atoms with E-state index in [0.717, 1.165) is 30.2 Å². The summed E-state index contributed by atoms with van der Waals surface area (Å²) in [6, 6.07) is 11.1.